The summed E-state index contributed by atoms with van der Waals surface area (Å²) in [6.45, 7) is 2.43. The Bertz CT molecular complexity index is 518. The normalized spacial score (nSPS) is 19.3. The van der Waals surface area contributed by atoms with Gasteiger partial charge in [0.25, 0.3) is 0 Å². The molecule has 1 aliphatic heterocycles. The number of hydrogen-bond acceptors (Lipinski definition) is 4. The van der Waals surface area contributed by atoms with Gasteiger partial charge in [0.15, 0.2) is 0 Å². The quantitative estimate of drug-likeness (QED) is 0.627. The zero-order valence-corrected chi connectivity index (χ0v) is 11.8. The van der Waals surface area contributed by atoms with Crippen LogP contribution in [0, 0.1) is 6.92 Å². The van der Waals surface area contributed by atoms with Crippen LogP contribution in [-0.2, 0) is 14.3 Å². The molecule has 0 N–H and O–H groups in total. The van der Waals surface area contributed by atoms with Gasteiger partial charge in [0.2, 0.25) is 5.91 Å². The molecule has 1 aromatic heterocycles. The van der Waals surface area contributed by atoms with Crippen molar-refractivity contribution in [2.75, 3.05) is 13.7 Å². The lowest BCUT2D eigenvalue weighted by Gasteiger charge is -2.32. The highest BCUT2D eigenvalue weighted by atomic mass is 16.5. The predicted molar refractivity (Wildman–Crippen MR) is 73.8 cm³/mol. The smallest absolute Gasteiger partial charge is 0.328 e. The molecule has 2 rings (SSSR count). The first-order valence-corrected chi connectivity index (χ1v) is 6.75. The maximum atomic E-state index is 12.2. The number of aryl methyl sites for hydroxylation is 1. The first kappa shape index (κ1) is 14.4. The van der Waals surface area contributed by atoms with E-state index in [1.165, 1.54) is 13.2 Å². The number of carbonyl (C=O) groups is 2. The Labute approximate surface area is 118 Å². The summed E-state index contributed by atoms with van der Waals surface area (Å²) in [6, 6.07) is 3.17. The number of likely N-dealkylation sites (tertiary alicyclic amines) is 1. The van der Waals surface area contributed by atoms with Gasteiger partial charge in [0.05, 0.1) is 7.11 Å². The zero-order valence-electron chi connectivity index (χ0n) is 11.8. The molecule has 108 valence electrons. The molecule has 20 heavy (non-hydrogen) atoms. The molecule has 1 fully saturated rings. The number of nitrogens with zero attached hydrogens (tertiary/aromatic N) is 1. The van der Waals surface area contributed by atoms with Crippen molar-refractivity contribution in [3.8, 4) is 0 Å². The molecule has 0 aromatic carbocycles. The summed E-state index contributed by atoms with van der Waals surface area (Å²) in [5.41, 5.74) is 0. The Morgan fingerprint density at radius 1 is 1.40 bits per heavy atom. The zero-order chi connectivity index (χ0) is 14.5. The summed E-state index contributed by atoms with van der Waals surface area (Å²) < 4.78 is 10.1. The van der Waals surface area contributed by atoms with Crippen LogP contribution in [0.5, 0.6) is 0 Å². The minimum atomic E-state index is -0.468. The Kier molecular flexibility index (Phi) is 4.61. The predicted octanol–water partition coefficient (Wildman–Crippen LogP) is 2.16. The first-order valence-electron chi connectivity index (χ1n) is 6.75. The van der Waals surface area contributed by atoms with E-state index >= 15 is 0 Å². The fraction of sp³-hybridized carbons (Fsp3) is 0.467. The summed E-state index contributed by atoms with van der Waals surface area (Å²) in [6.07, 6.45) is 5.57. The Hall–Kier alpha value is -2.04. The SMILES string of the molecule is COC(=O)[C@H]1CCCCN1C(=O)/C=C\c1ccc(C)o1. The lowest BCUT2D eigenvalue weighted by atomic mass is 10.0. The highest BCUT2D eigenvalue weighted by molar-refractivity contribution is 5.94. The second-order valence-corrected chi connectivity index (χ2v) is 4.85. The molecular weight excluding hydrogens is 258 g/mol. The largest absolute Gasteiger partial charge is 0.467 e. The van der Waals surface area contributed by atoms with Gasteiger partial charge in [-0.2, -0.15) is 0 Å². The fourth-order valence-corrected chi connectivity index (χ4v) is 2.37. The molecule has 5 heteroatoms. The van der Waals surface area contributed by atoms with Gasteiger partial charge >= 0.3 is 5.97 Å². The first-order chi connectivity index (χ1) is 9.61. The van der Waals surface area contributed by atoms with Gasteiger partial charge < -0.3 is 14.1 Å². The molecule has 5 nitrogen and oxygen atoms in total. The Morgan fingerprint density at radius 3 is 2.85 bits per heavy atom. The van der Waals surface area contributed by atoms with Crippen molar-refractivity contribution in [2.24, 2.45) is 0 Å². The lowest BCUT2D eigenvalue weighted by molar-refractivity contribution is -0.153. The standard InChI is InChI=1S/C15H19NO4/c1-11-6-7-12(20-11)8-9-14(17)16-10-4-3-5-13(16)15(18)19-2/h6-9,13H,3-5,10H2,1-2H3/b9-8-/t13-/m1/s1. The van der Waals surface area contributed by atoms with E-state index in [0.717, 1.165) is 18.6 Å². The molecule has 1 aromatic rings. The third-order valence-corrected chi connectivity index (χ3v) is 3.41. The van der Waals surface area contributed by atoms with Crippen molar-refractivity contribution in [3.05, 3.63) is 29.7 Å². The minimum absolute atomic E-state index is 0.186. The van der Waals surface area contributed by atoms with E-state index in [-0.39, 0.29) is 11.9 Å². The molecular formula is C15H19NO4. The van der Waals surface area contributed by atoms with Crippen molar-refractivity contribution in [3.63, 3.8) is 0 Å². The summed E-state index contributed by atoms with van der Waals surface area (Å²) in [4.78, 5) is 25.5. The van der Waals surface area contributed by atoms with E-state index in [1.807, 2.05) is 13.0 Å². The topological polar surface area (TPSA) is 59.8 Å². The van der Waals surface area contributed by atoms with Crippen molar-refractivity contribution in [1.82, 2.24) is 4.90 Å². The molecule has 0 radical (unpaired) electrons. The van der Waals surface area contributed by atoms with Gasteiger partial charge in [0.1, 0.15) is 17.6 Å². The van der Waals surface area contributed by atoms with Crippen molar-refractivity contribution in [2.45, 2.75) is 32.2 Å². The molecule has 1 amide bonds. The number of methoxy groups -OCH3 is 1. The minimum Gasteiger partial charge on any atom is -0.467 e. The average molecular weight is 277 g/mol. The highest BCUT2D eigenvalue weighted by Crippen LogP contribution is 2.19. The molecule has 2 heterocycles. The van der Waals surface area contributed by atoms with E-state index in [1.54, 1.807) is 17.0 Å². The van der Waals surface area contributed by atoms with Gasteiger partial charge in [-0.1, -0.05) is 0 Å². The number of carbonyl (C=O) groups excluding carboxylic acids is 2. The molecule has 0 bridgehead atoms. The average Bonchev–Trinajstić information content (AvgIpc) is 2.89. The Balaban J connectivity index is 2.06. The summed E-state index contributed by atoms with van der Waals surface area (Å²) in [7, 11) is 1.35. The number of ether oxygens (including phenoxy) is 1. The van der Waals surface area contributed by atoms with E-state index in [2.05, 4.69) is 0 Å². The van der Waals surface area contributed by atoms with Crippen molar-refractivity contribution < 1.29 is 18.7 Å². The maximum absolute atomic E-state index is 12.2. The second kappa shape index (κ2) is 6.41. The van der Waals surface area contributed by atoms with Crippen LogP contribution >= 0.6 is 0 Å². The van der Waals surface area contributed by atoms with E-state index in [0.29, 0.717) is 18.7 Å². The van der Waals surface area contributed by atoms with Crippen LogP contribution in [-0.4, -0.2) is 36.5 Å². The maximum Gasteiger partial charge on any atom is 0.328 e. The summed E-state index contributed by atoms with van der Waals surface area (Å²) in [5.74, 6) is 0.888. The van der Waals surface area contributed by atoms with Crippen molar-refractivity contribution >= 4 is 18.0 Å². The van der Waals surface area contributed by atoms with E-state index in [4.69, 9.17) is 9.15 Å². The monoisotopic (exact) mass is 277 g/mol. The summed E-state index contributed by atoms with van der Waals surface area (Å²) >= 11 is 0. The number of hydrogen-bond donors (Lipinski definition) is 0. The summed E-state index contributed by atoms with van der Waals surface area (Å²) in [5, 5.41) is 0. The van der Waals surface area contributed by atoms with Crippen LogP contribution in [0.15, 0.2) is 22.6 Å². The molecule has 1 atom stereocenters. The number of amides is 1. The van der Waals surface area contributed by atoms with Crippen LogP contribution in [0.2, 0.25) is 0 Å². The number of furan rings is 1. The van der Waals surface area contributed by atoms with Gasteiger partial charge in [-0.25, -0.2) is 4.79 Å². The molecule has 0 spiro atoms. The molecule has 0 unspecified atom stereocenters. The van der Waals surface area contributed by atoms with E-state index in [9.17, 15) is 9.59 Å². The number of piperidine rings is 1. The number of esters is 1. The molecule has 1 aliphatic rings. The highest BCUT2D eigenvalue weighted by Gasteiger charge is 2.31. The van der Waals surface area contributed by atoms with Crippen LogP contribution in [0.25, 0.3) is 6.08 Å². The fourth-order valence-electron chi connectivity index (χ4n) is 2.37. The second-order valence-electron chi connectivity index (χ2n) is 4.85. The van der Waals surface area contributed by atoms with Crippen LogP contribution in [0.3, 0.4) is 0 Å². The third-order valence-electron chi connectivity index (χ3n) is 3.41. The number of rotatable bonds is 3. The third kappa shape index (κ3) is 3.29. The molecule has 0 aliphatic carbocycles. The van der Waals surface area contributed by atoms with Crippen LogP contribution in [0.1, 0.15) is 30.8 Å². The molecule has 0 saturated carbocycles. The van der Waals surface area contributed by atoms with Crippen LogP contribution in [0.4, 0.5) is 0 Å². The van der Waals surface area contributed by atoms with Crippen molar-refractivity contribution in [1.29, 1.82) is 0 Å². The van der Waals surface area contributed by atoms with Gasteiger partial charge in [-0.15, -0.1) is 0 Å². The lowest BCUT2D eigenvalue weighted by Crippen LogP contribution is -2.47. The van der Waals surface area contributed by atoms with Gasteiger partial charge in [-0.3, -0.25) is 4.79 Å². The van der Waals surface area contributed by atoms with Crippen LogP contribution < -0.4 is 0 Å². The Morgan fingerprint density at radius 2 is 2.20 bits per heavy atom. The van der Waals surface area contributed by atoms with Gasteiger partial charge in [0, 0.05) is 12.6 Å². The van der Waals surface area contributed by atoms with Gasteiger partial charge in [-0.05, 0) is 44.4 Å². The molecule has 1 saturated heterocycles. The van der Waals surface area contributed by atoms with E-state index < -0.39 is 6.04 Å².